The molecule has 0 fully saturated rings. The lowest BCUT2D eigenvalue weighted by Crippen LogP contribution is -2.18. The highest BCUT2D eigenvalue weighted by molar-refractivity contribution is 5.93. The summed E-state index contributed by atoms with van der Waals surface area (Å²) in [4.78, 5) is 3.59. The minimum Gasteiger partial charge on any atom is -0.354 e. The van der Waals surface area contributed by atoms with Gasteiger partial charge in [-0.2, -0.15) is 0 Å². The zero-order valence-electron chi connectivity index (χ0n) is 13.2. The van der Waals surface area contributed by atoms with Crippen LogP contribution in [0.25, 0.3) is 32.9 Å². The molecule has 3 aromatic carbocycles. The van der Waals surface area contributed by atoms with Crippen molar-refractivity contribution in [2.45, 2.75) is 19.4 Å². The standard InChI is InChI=1S/C21H20N2/c1-14(22)12-19-18-8-4-5-9-20(18)23-21(19)17-11-10-15-6-2-3-7-16(15)13-17/h2-11,13-14,23H,12,22H2,1H3. The summed E-state index contributed by atoms with van der Waals surface area (Å²) in [7, 11) is 0. The zero-order valence-corrected chi connectivity index (χ0v) is 13.2. The Morgan fingerprint density at radius 3 is 2.48 bits per heavy atom. The summed E-state index contributed by atoms with van der Waals surface area (Å²) < 4.78 is 0. The Bertz CT molecular complexity index is 979. The average molecular weight is 300 g/mol. The van der Waals surface area contributed by atoms with Crippen molar-refractivity contribution < 1.29 is 0 Å². The highest BCUT2D eigenvalue weighted by atomic mass is 14.7. The van der Waals surface area contributed by atoms with E-state index in [0.29, 0.717) is 0 Å². The molecule has 2 nitrogen and oxygen atoms in total. The molecule has 0 aliphatic carbocycles. The highest BCUT2D eigenvalue weighted by Crippen LogP contribution is 2.32. The van der Waals surface area contributed by atoms with Crippen LogP contribution in [0.5, 0.6) is 0 Å². The van der Waals surface area contributed by atoms with E-state index in [1.165, 1.54) is 38.5 Å². The number of nitrogens with one attached hydrogen (secondary N) is 1. The monoisotopic (exact) mass is 300 g/mol. The summed E-state index contributed by atoms with van der Waals surface area (Å²) in [5.74, 6) is 0. The second-order valence-electron chi connectivity index (χ2n) is 6.27. The van der Waals surface area contributed by atoms with Crippen LogP contribution >= 0.6 is 0 Å². The Hall–Kier alpha value is -2.58. The number of aromatic amines is 1. The number of hydrogen-bond acceptors (Lipinski definition) is 1. The highest BCUT2D eigenvalue weighted by Gasteiger charge is 2.14. The van der Waals surface area contributed by atoms with Crippen molar-refractivity contribution in [1.82, 2.24) is 4.98 Å². The van der Waals surface area contributed by atoms with E-state index < -0.39 is 0 Å². The third-order valence-corrected chi connectivity index (χ3v) is 4.38. The van der Waals surface area contributed by atoms with Gasteiger partial charge in [-0.1, -0.05) is 54.6 Å². The fraction of sp³-hybridized carbons (Fsp3) is 0.143. The molecule has 3 N–H and O–H groups in total. The molecule has 0 bridgehead atoms. The van der Waals surface area contributed by atoms with Gasteiger partial charge in [-0.3, -0.25) is 0 Å². The number of para-hydroxylation sites is 1. The fourth-order valence-electron chi connectivity index (χ4n) is 3.33. The molecule has 0 aliphatic heterocycles. The van der Waals surface area contributed by atoms with Gasteiger partial charge in [0.25, 0.3) is 0 Å². The first kappa shape index (κ1) is 14.0. The first-order valence-electron chi connectivity index (χ1n) is 8.07. The van der Waals surface area contributed by atoms with Crippen LogP contribution in [-0.2, 0) is 6.42 Å². The van der Waals surface area contributed by atoms with Crippen LogP contribution in [0.15, 0.2) is 66.7 Å². The topological polar surface area (TPSA) is 41.8 Å². The largest absolute Gasteiger partial charge is 0.354 e. The Kier molecular flexibility index (Phi) is 3.40. The first-order valence-corrected chi connectivity index (χ1v) is 8.07. The normalized spacial score (nSPS) is 12.8. The Morgan fingerprint density at radius 2 is 1.65 bits per heavy atom. The van der Waals surface area contributed by atoms with Crippen molar-refractivity contribution in [3.8, 4) is 11.3 Å². The summed E-state index contributed by atoms with van der Waals surface area (Å²) in [5.41, 5.74) is 11.0. The van der Waals surface area contributed by atoms with Crippen LogP contribution in [-0.4, -0.2) is 11.0 Å². The molecule has 4 rings (SSSR count). The predicted molar refractivity (Wildman–Crippen MR) is 98.6 cm³/mol. The fourth-order valence-corrected chi connectivity index (χ4v) is 3.33. The second kappa shape index (κ2) is 5.56. The molecular weight excluding hydrogens is 280 g/mol. The summed E-state index contributed by atoms with van der Waals surface area (Å²) in [5, 5.41) is 3.80. The minimum absolute atomic E-state index is 0.133. The number of hydrogen-bond donors (Lipinski definition) is 2. The third kappa shape index (κ3) is 2.51. The first-order chi connectivity index (χ1) is 11.2. The summed E-state index contributed by atoms with van der Waals surface area (Å²) >= 11 is 0. The van der Waals surface area contributed by atoms with Gasteiger partial charge in [-0.15, -0.1) is 0 Å². The van der Waals surface area contributed by atoms with Gasteiger partial charge in [-0.05, 0) is 47.4 Å². The van der Waals surface area contributed by atoms with Crippen LogP contribution in [0.4, 0.5) is 0 Å². The third-order valence-electron chi connectivity index (χ3n) is 4.38. The predicted octanol–water partition coefficient (Wildman–Crippen LogP) is 4.88. The minimum atomic E-state index is 0.133. The van der Waals surface area contributed by atoms with Crippen molar-refractivity contribution in [1.29, 1.82) is 0 Å². The molecule has 0 radical (unpaired) electrons. The lowest BCUT2D eigenvalue weighted by molar-refractivity contribution is 0.742. The molecule has 1 heterocycles. The lowest BCUT2D eigenvalue weighted by atomic mass is 9.98. The molecule has 23 heavy (non-hydrogen) atoms. The van der Waals surface area contributed by atoms with E-state index in [0.717, 1.165) is 6.42 Å². The van der Waals surface area contributed by atoms with E-state index in [2.05, 4.69) is 78.6 Å². The van der Waals surface area contributed by atoms with E-state index in [4.69, 9.17) is 5.73 Å². The van der Waals surface area contributed by atoms with Crippen molar-refractivity contribution in [3.63, 3.8) is 0 Å². The van der Waals surface area contributed by atoms with Gasteiger partial charge in [0.05, 0.1) is 0 Å². The molecule has 0 spiro atoms. The molecule has 1 aromatic heterocycles. The number of benzene rings is 3. The Morgan fingerprint density at radius 1 is 0.913 bits per heavy atom. The van der Waals surface area contributed by atoms with Crippen molar-refractivity contribution in [2.75, 3.05) is 0 Å². The smallest absolute Gasteiger partial charge is 0.0498 e. The Balaban J connectivity index is 1.95. The quantitative estimate of drug-likeness (QED) is 0.556. The molecule has 2 heteroatoms. The van der Waals surface area contributed by atoms with Crippen LogP contribution in [0.2, 0.25) is 0 Å². The van der Waals surface area contributed by atoms with Gasteiger partial charge < -0.3 is 10.7 Å². The zero-order chi connectivity index (χ0) is 15.8. The molecular formula is C21H20N2. The van der Waals surface area contributed by atoms with Crippen LogP contribution in [0.1, 0.15) is 12.5 Å². The van der Waals surface area contributed by atoms with Gasteiger partial charge in [-0.25, -0.2) is 0 Å². The molecule has 0 amide bonds. The Labute approximate surface area is 135 Å². The summed E-state index contributed by atoms with van der Waals surface area (Å²) in [6.45, 7) is 2.06. The molecule has 4 aromatic rings. The van der Waals surface area contributed by atoms with E-state index >= 15 is 0 Å². The maximum absolute atomic E-state index is 6.10. The number of fused-ring (bicyclic) bond motifs is 2. The van der Waals surface area contributed by atoms with Gasteiger partial charge in [0, 0.05) is 22.6 Å². The maximum Gasteiger partial charge on any atom is 0.0498 e. The van der Waals surface area contributed by atoms with E-state index in [1.807, 2.05) is 0 Å². The van der Waals surface area contributed by atoms with Crippen molar-refractivity contribution in [2.24, 2.45) is 5.73 Å². The lowest BCUT2D eigenvalue weighted by Gasteiger charge is -2.09. The number of rotatable bonds is 3. The molecule has 0 saturated carbocycles. The van der Waals surface area contributed by atoms with E-state index in [9.17, 15) is 0 Å². The van der Waals surface area contributed by atoms with Crippen molar-refractivity contribution >= 4 is 21.7 Å². The SMILES string of the molecule is CC(N)Cc1c(-c2ccc3ccccc3c2)[nH]c2ccccc12. The van der Waals surface area contributed by atoms with Crippen LogP contribution in [0, 0.1) is 0 Å². The average Bonchev–Trinajstić information content (AvgIpc) is 2.93. The number of nitrogens with two attached hydrogens (primary N) is 1. The van der Waals surface area contributed by atoms with E-state index in [-0.39, 0.29) is 6.04 Å². The van der Waals surface area contributed by atoms with Gasteiger partial charge in [0.15, 0.2) is 0 Å². The number of H-pyrrole nitrogens is 1. The maximum atomic E-state index is 6.10. The molecule has 0 saturated heterocycles. The van der Waals surface area contributed by atoms with E-state index in [1.54, 1.807) is 0 Å². The van der Waals surface area contributed by atoms with Crippen molar-refractivity contribution in [3.05, 3.63) is 72.3 Å². The molecule has 114 valence electrons. The van der Waals surface area contributed by atoms with Gasteiger partial charge in [0.1, 0.15) is 0 Å². The second-order valence-corrected chi connectivity index (χ2v) is 6.27. The molecule has 1 unspecified atom stereocenters. The van der Waals surface area contributed by atoms with Gasteiger partial charge in [0.2, 0.25) is 0 Å². The summed E-state index contributed by atoms with van der Waals surface area (Å²) in [6, 6.07) is 23.7. The van der Waals surface area contributed by atoms with Crippen LogP contribution < -0.4 is 5.73 Å². The number of aromatic nitrogens is 1. The van der Waals surface area contributed by atoms with Gasteiger partial charge >= 0.3 is 0 Å². The van der Waals surface area contributed by atoms with Crippen LogP contribution in [0.3, 0.4) is 0 Å². The summed E-state index contributed by atoms with van der Waals surface area (Å²) in [6.07, 6.45) is 0.867. The molecule has 1 atom stereocenters. The molecule has 0 aliphatic rings.